The van der Waals surface area contributed by atoms with Crippen LogP contribution < -0.4 is 10.1 Å². The highest BCUT2D eigenvalue weighted by atomic mass is 35.5. The molecule has 0 unspecified atom stereocenters. The SMILES string of the molecule is COc1ccc(Cl)cc1C(=O)O[C@H](C)C(=O)N[C@@H]1CCCC[C@H]1C. The topological polar surface area (TPSA) is 64.6 Å². The molecule has 0 aliphatic heterocycles. The van der Waals surface area contributed by atoms with E-state index in [9.17, 15) is 9.59 Å². The first kappa shape index (κ1) is 18.6. The molecule has 1 fully saturated rings. The summed E-state index contributed by atoms with van der Waals surface area (Å²) in [7, 11) is 1.46. The zero-order chi connectivity index (χ0) is 17.7. The number of rotatable bonds is 5. The molecule has 1 aromatic rings. The number of esters is 1. The largest absolute Gasteiger partial charge is 0.496 e. The van der Waals surface area contributed by atoms with Crippen molar-refractivity contribution in [1.29, 1.82) is 0 Å². The Bertz CT molecular complexity index is 605. The van der Waals surface area contributed by atoms with Gasteiger partial charge in [0.2, 0.25) is 0 Å². The molecule has 0 saturated heterocycles. The second-order valence-corrected chi connectivity index (χ2v) is 6.71. The maximum absolute atomic E-state index is 12.3. The minimum Gasteiger partial charge on any atom is -0.496 e. The van der Waals surface area contributed by atoms with Gasteiger partial charge in [-0.15, -0.1) is 0 Å². The van der Waals surface area contributed by atoms with E-state index in [1.165, 1.54) is 19.6 Å². The van der Waals surface area contributed by atoms with E-state index in [2.05, 4.69) is 12.2 Å². The van der Waals surface area contributed by atoms with Crippen LogP contribution in [0.15, 0.2) is 18.2 Å². The summed E-state index contributed by atoms with van der Waals surface area (Å²) in [4.78, 5) is 24.6. The number of halogens is 1. The van der Waals surface area contributed by atoms with Gasteiger partial charge in [0.15, 0.2) is 6.10 Å². The molecule has 5 nitrogen and oxygen atoms in total. The lowest BCUT2D eigenvalue weighted by atomic mass is 9.86. The van der Waals surface area contributed by atoms with Crippen molar-refractivity contribution in [1.82, 2.24) is 5.32 Å². The van der Waals surface area contributed by atoms with Gasteiger partial charge in [0.05, 0.1) is 7.11 Å². The molecule has 1 aliphatic rings. The van der Waals surface area contributed by atoms with E-state index in [0.717, 1.165) is 19.3 Å². The molecular formula is C18H24ClNO4. The third-order valence-corrected chi connectivity index (χ3v) is 4.71. The van der Waals surface area contributed by atoms with Crippen LogP contribution in [-0.4, -0.2) is 31.1 Å². The Morgan fingerprint density at radius 2 is 2.00 bits per heavy atom. The van der Waals surface area contributed by atoms with Crippen LogP contribution >= 0.6 is 11.6 Å². The van der Waals surface area contributed by atoms with Gasteiger partial charge in [-0.3, -0.25) is 4.79 Å². The fourth-order valence-electron chi connectivity index (χ4n) is 2.95. The predicted octanol–water partition coefficient (Wildman–Crippen LogP) is 3.59. The lowest BCUT2D eigenvalue weighted by molar-refractivity contribution is -0.130. The first-order valence-electron chi connectivity index (χ1n) is 8.27. The van der Waals surface area contributed by atoms with E-state index in [1.54, 1.807) is 19.1 Å². The van der Waals surface area contributed by atoms with Crippen LogP contribution in [0.4, 0.5) is 0 Å². The minimum absolute atomic E-state index is 0.146. The van der Waals surface area contributed by atoms with E-state index in [4.69, 9.17) is 21.1 Å². The van der Waals surface area contributed by atoms with Gasteiger partial charge < -0.3 is 14.8 Å². The number of ether oxygens (including phenoxy) is 2. The van der Waals surface area contributed by atoms with Gasteiger partial charge in [0, 0.05) is 11.1 Å². The normalized spacial score (nSPS) is 21.7. The Labute approximate surface area is 147 Å². The molecule has 0 spiro atoms. The highest BCUT2D eigenvalue weighted by molar-refractivity contribution is 6.31. The second-order valence-electron chi connectivity index (χ2n) is 6.27. The monoisotopic (exact) mass is 353 g/mol. The first-order valence-corrected chi connectivity index (χ1v) is 8.65. The van der Waals surface area contributed by atoms with Gasteiger partial charge >= 0.3 is 5.97 Å². The summed E-state index contributed by atoms with van der Waals surface area (Å²) < 4.78 is 10.4. The molecule has 1 amide bonds. The number of hydrogen-bond donors (Lipinski definition) is 1. The number of amides is 1. The maximum atomic E-state index is 12.3. The maximum Gasteiger partial charge on any atom is 0.342 e. The lowest BCUT2D eigenvalue weighted by Crippen LogP contribution is -2.46. The van der Waals surface area contributed by atoms with Crippen LogP contribution in [-0.2, 0) is 9.53 Å². The smallest absolute Gasteiger partial charge is 0.342 e. The van der Waals surface area contributed by atoms with Gasteiger partial charge in [0.1, 0.15) is 11.3 Å². The summed E-state index contributed by atoms with van der Waals surface area (Å²) in [5.74, 6) is -0.103. The Hall–Kier alpha value is -1.75. The van der Waals surface area contributed by atoms with Gasteiger partial charge in [-0.1, -0.05) is 31.4 Å². The number of methoxy groups -OCH3 is 1. The van der Waals surface area contributed by atoms with E-state index < -0.39 is 12.1 Å². The number of hydrogen-bond acceptors (Lipinski definition) is 4. The summed E-state index contributed by atoms with van der Waals surface area (Å²) in [5, 5.41) is 3.39. The molecule has 1 aromatic carbocycles. The van der Waals surface area contributed by atoms with E-state index >= 15 is 0 Å². The van der Waals surface area contributed by atoms with E-state index in [-0.39, 0.29) is 17.5 Å². The van der Waals surface area contributed by atoms with E-state index in [0.29, 0.717) is 16.7 Å². The zero-order valence-electron chi connectivity index (χ0n) is 14.3. The molecule has 0 heterocycles. The molecular weight excluding hydrogens is 330 g/mol. The standard InChI is InChI=1S/C18H24ClNO4/c1-11-6-4-5-7-15(11)20-17(21)12(2)24-18(22)14-10-13(19)8-9-16(14)23-3/h8-12,15H,4-7H2,1-3H3,(H,20,21)/t11-,12-,15-/m1/s1. The average Bonchev–Trinajstić information content (AvgIpc) is 2.56. The van der Waals surface area contributed by atoms with Crippen LogP contribution in [0.1, 0.15) is 49.9 Å². The summed E-state index contributed by atoms with van der Waals surface area (Å²) in [6, 6.07) is 4.83. The third-order valence-electron chi connectivity index (χ3n) is 4.47. The fourth-order valence-corrected chi connectivity index (χ4v) is 3.12. The fraction of sp³-hybridized carbons (Fsp3) is 0.556. The quantitative estimate of drug-likeness (QED) is 0.821. The summed E-state index contributed by atoms with van der Waals surface area (Å²) in [6.45, 7) is 3.70. The highest BCUT2D eigenvalue weighted by Gasteiger charge is 2.27. The minimum atomic E-state index is -0.879. The molecule has 1 aliphatic carbocycles. The van der Waals surface area contributed by atoms with Crippen molar-refractivity contribution >= 4 is 23.5 Å². The van der Waals surface area contributed by atoms with Crippen molar-refractivity contribution in [2.75, 3.05) is 7.11 Å². The van der Waals surface area contributed by atoms with Crippen molar-refractivity contribution in [3.05, 3.63) is 28.8 Å². The Morgan fingerprint density at radius 1 is 1.29 bits per heavy atom. The first-order chi connectivity index (χ1) is 11.4. The third kappa shape index (κ3) is 4.63. The second kappa shape index (κ2) is 8.38. The van der Waals surface area contributed by atoms with Gasteiger partial charge in [0.25, 0.3) is 5.91 Å². The van der Waals surface area contributed by atoms with E-state index in [1.807, 2.05) is 0 Å². The molecule has 0 radical (unpaired) electrons. The van der Waals surface area contributed by atoms with Gasteiger partial charge in [-0.05, 0) is 43.9 Å². The van der Waals surface area contributed by atoms with Crippen LogP contribution in [0, 0.1) is 5.92 Å². The van der Waals surface area contributed by atoms with Crippen molar-refractivity contribution in [3.8, 4) is 5.75 Å². The van der Waals surface area contributed by atoms with Crippen molar-refractivity contribution in [3.63, 3.8) is 0 Å². The van der Waals surface area contributed by atoms with Crippen molar-refractivity contribution in [2.24, 2.45) is 5.92 Å². The molecule has 0 aromatic heterocycles. The van der Waals surface area contributed by atoms with Gasteiger partial charge in [-0.2, -0.15) is 0 Å². The number of carbonyl (C=O) groups is 2. The van der Waals surface area contributed by atoms with Crippen LogP contribution in [0.5, 0.6) is 5.75 Å². The highest BCUT2D eigenvalue weighted by Crippen LogP contribution is 2.25. The van der Waals surface area contributed by atoms with Crippen molar-refractivity contribution < 1.29 is 19.1 Å². The molecule has 2 rings (SSSR count). The van der Waals surface area contributed by atoms with Crippen molar-refractivity contribution in [2.45, 2.75) is 51.7 Å². The zero-order valence-corrected chi connectivity index (χ0v) is 15.1. The summed E-state index contributed by atoms with van der Waals surface area (Å²) >= 11 is 5.92. The summed E-state index contributed by atoms with van der Waals surface area (Å²) in [5.41, 5.74) is 0.204. The Morgan fingerprint density at radius 3 is 2.67 bits per heavy atom. The number of carbonyl (C=O) groups excluding carboxylic acids is 2. The number of nitrogens with one attached hydrogen (secondary N) is 1. The molecule has 3 atom stereocenters. The predicted molar refractivity (Wildman–Crippen MR) is 92.4 cm³/mol. The van der Waals surface area contributed by atoms with Gasteiger partial charge in [-0.25, -0.2) is 4.79 Å². The molecule has 132 valence electrons. The van der Waals surface area contributed by atoms with Crippen LogP contribution in [0.3, 0.4) is 0 Å². The number of benzene rings is 1. The Kier molecular flexibility index (Phi) is 6.49. The lowest BCUT2D eigenvalue weighted by Gasteiger charge is -2.30. The Balaban J connectivity index is 1.98. The van der Waals surface area contributed by atoms with Crippen LogP contribution in [0.2, 0.25) is 5.02 Å². The molecule has 0 bridgehead atoms. The molecule has 24 heavy (non-hydrogen) atoms. The average molecular weight is 354 g/mol. The molecule has 1 saturated carbocycles. The molecule has 1 N–H and O–H groups in total. The van der Waals surface area contributed by atoms with Crippen LogP contribution in [0.25, 0.3) is 0 Å². The summed E-state index contributed by atoms with van der Waals surface area (Å²) in [6.07, 6.45) is 3.51. The molecule has 6 heteroatoms.